The number of pyridine rings is 1. The minimum Gasteiger partial charge on any atom is -0.494 e. The molecule has 28 heavy (non-hydrogen) atoms. The normalized spacial score (nSPS) is 10.1. The number of anilines is 2. The van der Waals surface area contributed by atoms with Crippen LogP contribution in [0.15, 0.2) is 79.1 Å². The monoisotopic (exact) mass is 375 g/mol. The summed E-state index contributed by atoms with van der Waals surface area (Å²) >= 11 is 0. The molecule has 3 rings (SSSR count). The number of amides is 2. The van der Waals surface area contributed by atoms with Crippen molar-refractivity contribution in [1.82, 2.24) is 4.98 Å². The van der Waals surface area contributed by atoms with E-state index in [1.165, 1.54) is 6.20 Å². The zero-order chi connectivity index (χ0) is 19.6. The fraction of sp³-hybridized carbons (Fsp3) is 0.136. The van der Waals surface area contributed by atoms with E-state index in [9.17, 15) is 9.59 Å². The van der Waals surface area contributed by atoms with E-state index in [1.54, 1.807) is 42.6 Å². The van der Waals surface area contributed by atoms with E-state index in [0.29, 0.717) is 36.4 Å². The number of rotatable bonds is 8. The molecular formula is C22H21N3O3. The second kappa shape index (κ2) is 9.87. The molecule has 0 saturated carbocycles. The molecule has 0 saturated heterocycles. The fourth-order valence-corrected chi connectivity index (χ4v) is 2.54. The Morgan fingerprint density at radius 1 is 0.857 bits per heavy atom. The van der Waals surface area contributed by atoms with Gasteiger partial charge in [0.1, 0.15) is 5.75 Å². The number of hydrogen-bond acceptors (Lipinski definition) is 4. The first-order chi connectivity index (χ1) is 13.7. The Labute approximate surface area is 163 Å². The van der Waals surface area contributed by atoms with Crippen molar-refractivity contribution >= 4 is 23.2 Å². The summed E-state index contributed by atoms with van der Waals surface area (Å²) in [6.07, 6.45) is 4.00. The molecule has 0 unspecified atom stereocenters. The largest absolute Gasteiger partial charge is 0.494 e. The molecule has 0 spiro atoms. The molecule has 3 aromatic rings. The fourth-order valence-electron chi connectivity index (χ4n) is 2.54. The van der Waals surface area contributed by atoms with E-state index in [2.05, 4.69) is 15.6 Å². The maximum absolute atomic E-state index is 12.3. The van der Waals surface area contributed by atoms with Crippen LogP contribution in [-0.2, 0) is 4.79 Å². The van der Waals surface area contributed by atoms with Gasteiger partial charge in [0.2, 0.25) is 5.91 Å². The molecule has 6 nitrogen and oxygen atoms in total. The van der Waals surface area contributed by atoms with E-state index in [4.69, 9.17) is 4.74 Å². The Balaban J connectivity index is 1.51. The SMILES string of the molecule is O=C(CCCOc1ccccc1)Nc1ccccc1NC(=O)c1cccnc1. The predicted octanol–water partition coefficient (Wildman–Crippen LogP) is 4.13. The van der Waals surface area contributed by atoms with Gasteiger partial charge in [-0.25, -0.2) is 0 Å². The predicted molar refractivity (Wildman–Crippen MR) is 108 cm³/mol. The lowest BCUT2D eigenvalue weighted by Gasteiger charge is -2.12. The third kappa shape index (κ3) is 5.67. The minimum atomic E-state index is -0.286. The topological polar surface area (TPSA) is 80.3 Å². The molecule has 2 amide bonds. The van der Waals surface area contributed by atoms with Crippen LogP contribution < -0.4 is 15.4 Å². The molecule has 2 aromatic carbocycles. The highest BCUT2D eigenvalue weighted by molar-refractivity contribution is 6.07. The van der Waals surface area contributed by atoms with Gasteiger partial charge in [-0.2, -0.15) is 0 Å². The third-order valence-electron chi connectivity index (χ3n) is 3.93. The van der Waals surface area contributed by atoms with Gasteiger partial charge in [-0.15, -0.1) is 0 Å². The molecular weight excluding hydrogens is 354 g/mol. The molecule has 1 heterocycles. The quantitative estimate of drug-likeness (QED) is 0.580. The smallest absolute Gasteiger partial charge is 0.257 e. The van der Waals surface area contributed by atoms with E-state index >= 15 is 0 Å². The molecule has 0 aliphatic heterocycles. The summed E-state index contributed by atoms with van der Waals surface area (Å²) in [5.74, 6) is 0.358. The van der Waals surface area contributed by atoms with Crippen LogP contribution in [0, 0.1) is 0 Å². The van der Waals surface area contributed by atoms with E-state index in [0.717, 1.165) is 5.75 Å². The molecule has 142 valence electrons. The maximum Gasteiger partial charge on any atom is 0.257 e. The average Bonchev–Trinajstić information content (AvgIpc) is 2.74. The van der Waals surface area contributed by atoms with Crippen LogP contribution >= 0.6 is 0 Å². The van der Waals surface area contributed by atoms with Crippen LogP contribution in [0.1, 0.15) is 23.2 Å². The van der Waals surface area contributed by atoms with E-state index in [1.807, 2.05) is 30.3 Å². The van der Waals surface area contributed by atoms with Crippen molar-refractivity contribution < 1.29 is 14.3 Å². The van der Waals surface area contributed by atoms with Crippen molar-refractivity contribution in [3.05, 3.63) is 84.7 Å². The van der Waals surface area contributed by atoms with Gasteiger partial charge in [0.25, 0.3) is 5.91 Å². The van der Waals surface area contributed by atoms with Crippen molar-refractivity contribution in [3.63, 3.8) is 0 Å². The third-order valence-corrected chi connectivity index (χ3v) is 3.93. The van der Waals surface area contributed by atoms with Gasteiger partial charge in [-0.3, -0.25) is 14.6 Å². The highest BCUT2D eigenvalue weighted by Gasteiger charge is 2.11. The first kappa shape index (κ1) is 19.1. The Kier molecular flexibility index (Phi) is 6.73. The average molecular weight is 375 g/mol. The van der Waals surface area contributed by atoms with Crippen molar-refractivity contribution in [2.75, 3.05) is 17.2 Å². The second-order valence-electron chi connectivity index (χ2n) is 6.05. The molecule has 0 bridgehead atoms. The van der Waals surface area contributed by atoms with Gasteiger partial charge in [-0.05, 0) is 42.8 Å². The molecule has 0 aliphatic carbocycles. The summed E-state index contributed by atoms with van der Waals surface area (Å²) in [5.41, 5.74) is 1.53. The lowest BCUT2D eigenvalue weighted by Crippen LogP contribution is -2.17. The standard InChI is InChI=1S/C22H21N3O3/c26-21(13-7-15-28-18-9-2-1-3-10-18)24-19-11-4-5-12-20(19)25-22(27)17-8-6-14-23-16-17/h1-6,8-12,14,16H,7,13,15H2,(H,24,26)(H,25,27). The summed E-state index contributed by atoms with van der Waals surface area (Å²) in [6, 6.07) is 19.9. The van der Waals surface area contributed by atoms with Gasteiger partial charge in [0, 0.05) is 18.8 Å². The first-order valence-electron chi connectivity index (χ1n) is 9.00. The summed E-state index contributed by atoms with van der Waals surface area (Å²) in [4.78, 5) is 28.5. The van der Waals surface area contributed by atoms with Crippen LogP contribution in [-0.4, -0.2) is 23.4 Å². The molecule has 1 aromatic heterocycles. The second-order valence-corrected chi connectivity index (χ2v) is 6.05. The van der Waals surface area contributed by atoms with Crippen molar-refractivity contribution in [2.24, 2.45) is 0 Å². The van der Waals surface area contributed by atoms with Crippen molar-refractivity contribution in [3.8, 4) is 5.75 Å². The Morgan fingerprint density at radius 2 is 1.57 bits per heavy atom. The Morgan fingerprint density at radius 3 is 2.29 bits per heavy atom. The van der Waals surface area contributed by atoms with Crippen LogP contribution in [0.3, 0.4) is 0 Å². The number of para-hydroxylation sites is 3. The number of aromatic nitrogens is 1. The van der Waals surface area contributed by atoms with Crippen LogP contribution in [0.25, 0.3) is 0 Å². The zero-order valence-electron chi connectivity index (χ0n) is 15.3. The highest BCUT2D eigenvalue weighted by Crippen LogP contribution is 2.22. The lowest BCUT2D eigenvalue weighted by molar-refractivity contribution is -0.116. The zero-order valence-corrected chi connectivity index (χ0v) is 15.3. The molecule has 0 fully saturated rings. The lowest BCUT2D eigenvalue weighted by atomic mass is 10.2. The van der Waals surface area contributed by atoms with E-state index in [-0.39, 0.29) is 11.8 Å². The summed E-state index contributed by atoms with van der Waals surface area (Å²) < 4.78 is 5.59. The number of carbonyl (C=O) groups excluding carboxylic acids is 2. The van der Waals surface area contributed by atoms with Crippen LogP contribution in [0.4, 0.5) is 11.4 Å². The minimum absolute atomic E-state index is 0.139. The Hall–Kier alpha value is -3.67. The van der Waals surface area contributed by atoms with Gasteiger partial charge in [0.05, 0.1) is 23.5 Å². The van der Waals surface area contributed by atoms with Crippen LogP contribution in [0.2, 0.25) is 0 Å². The van der Waals surface area contributed by atoms with Crippen LogP contribution in [0.5, 0.6) is 5.75 Å². The molecule has 0 atom stereocenters. The van der Waals surface area contributed by atoms with Crippen molar-refractivity contribution in [2.45, 2.75) is 12.8 Å². The number of ether oxygens (including phenoxy) is 1. The molecule has 2 N–H and O–H groups in total. The molecule has 6 heteroatoms. The number of hydrogen-bond donors (Lipinski definition) is 2. The maximum atomic E-state index is 12.3. The van der Waals surface area contributed by atoms with Gasteiger partial charge in [-0.1, -0.05) is 30.3 Å². The molecule has 0 radical (unpaired) electrons. The Bertz CT molecular complexity index is 915. The van der Waals surface area contributed by atoms with Gasteiger partial charge in [0.15, 0.2) is 0 Å². The number of carbonyl (C=O) groups is 2. The van der Waals surface area contributed by atoms with E-state index < -0.39 is 0 Å². The van der Waals surface area contributed by atoms with Gasteiger partial charge >= 0.3 is 0 Å². The molecule has 0 aliphatic rings. The van der Waals surface area contributed by atoms with Crippen molar-refractivity contribution in [1.29, 1.82) is 0 Å². The summed E-state index contributed by atoms with van der Waals surface area (Å²) in [5, 5.41) is 5.64. The summed E-state index contributed by atoms with van der Waals surface area (Å²) in [7, 11) is 0. The number of nitrogens with zero attached hydrogens (tertiary/aromatic N) is 1. The number of nitrogens with one attached hydrogen (secondary N) is 2. The summed E-state index contributed by atoms with van der Waals surface area (Å²) in [6.45, 7) is 0.455. The highest BCUT2D eigenvalue weighted by atomic mass is 16.5. The first-order valence-corrected chi connectivity index (χ1v) is 9.00. The van der Waals surface area contributed by atoms with Gasteiger partial charge < -0.3 is 15.4 Å². The number of benzene rings is 2.